The molecular formula is C13H21ClN2O2. The lowest BCUT2D eigenvalue weighted by atomic mass is 10.1. The number of benzene rings is 1. The molecule has 0 fully saturated rings. The minimum absolute atomic E-state index is 0. The summed E-state index contributed by atoms with van der Waals surface area (Å²) in [5, 5.41) is 0. The Labute approximate surface area is 115 Å². The quantitative estimate of drug-likeness (QED) is 0.891. The van der Waals surface area contributed by atoms with Gasteiger partial charge in [-0.25, -0.2) is 0 Å². The highest BCUT2D eigenvalue weighted by Gasteiger charge is 2.16. The van der Waals surface area contributed by atoms with Gasteiger partial charge in [0.15, 0.2) is 0 Å². The molecule has 1 atom stereocenters. The molecule has 1 amide bonds. The standard InChI is InChI=1S/C13H20N2O2.ClH/c1-4-17-12-7-5-6-11(8-12)13(16)15(3)10(2)9-14;/h5-8,10H,4,9,14H2,1-3H3;1H. The lowest BCUT2D eigenvalue weighted by Gasteiger charge is -2.23. The van der Waals surface area contributed by atoms with Crippen molar-refractivity contribution in [3.05, 3.63) is 29.8 Å². The van der Waals surface area contributed by atoms with Gasteiger partial charge in [-0.1, -0.05) is 6.07 Å². The number of nitrogens with two attached hydrogens (primary N) is 1. The molecule has 0 aliphatic rings. The Morgan fingerprint density at radius 1 is 1.50 bits per heavy atom. The summed E-state index contributed by atoms with van der Waals surface area (Å²) >= 11 is 0. The van der Waals surface area contributed by atoms with Gasteiger partial charge in [0.05, 0.1) is 6.61 Å². The number of amides is 1. The van der Waals surface area contributed by atoms with Gasteiger partial charge in [0.1, 0.15) is 5.75 Å². The molecule has 4 nitrogen and oxygen atoms in total. The number of likely N-dealkylation sites (N-methyl/N-ethyl adjacent to an activating group) is 1. The van der Waals surface area contributed by atoms with E-state index in [-0.39, 0.29) is 24.4 Å². The molecule has 0 aliphatic carbocycles. The second kappa shape index (κ2) is 7.95. The Hall–Kier alpha value is -1.26. The molecule has 102 valence electrons. The van der Waals surface area contributed by atoms with E-state index in [1.54, 1.807) is 24.1 Å². The second-order valence-electron chi connectivity index (χ2n) is 3.96. The maximum Gasteiger partial charge on any atom is 0.254 e. The number of hydrogen-bond donors (Lipinski definition) is 1. The van der Waals surface area contributed by atoms with Crippen LogP contribution in [0.25, 0.3) is 0 Å². The molecule has 0 aromatic heterocycles. The van der Waals surface area contributed by atoms with E-state index < -0.39 is 0 Å². The molecule has 0 saturated heterocycles. The predicted octanol–water partition coefficient (Wildman–Crippen LogP) is 1.93. The second-order valence-corrected chi connectivity index (χ2v) is 3.96. The van der Waals surface area contributed by atoms with Crippen LogP contribution in [0.3, 0.4) is 0 Å². The third-order valence-electron chi connectivity index (χ3n) is 2.71. The molecule has 0 bridgehead atoms. The maximum absolute atomic E-state index is 12.1. The summed E-state index contributed by atoms with van der Waals surface area (Å²) in [5.74, 6) is 0.677. The van der Waals surface area contributed by atoms with E-state index in [2.05, 4.69) is 0 Å². The highest BCUT2D eigenvalue weighted by molar-refractivity contribution is 5.94. The fourth-order valence-corrected chi connectivity index (χ4v) is 1.45. The number of rotatable bonds is 5. The van der Waals surface area contributed by atoms with Gasteiger partial charge in [-0.05, 0) is 32.0 Å². The van der Waals surface area contributed by atoms with Crippen molar-refractivity contribution in [1.29, 1.82) is 0 Å². The fraction of sp³-hybridized carbons (Fsp3) is 0.462. The Bertz CT molecular complexity index is 385. The number of carbonyl (C=O) groups excluding carboxylic acids is 1. The van der Waals surface area contributed by atoms with E-state index in [0.29, 0.717) is 24.5 Å². The van der Waals surface area contributed by atoms with Crippen LogP contribution in [0.1, 0.15) is 24.2 Å². The summed E-state index contributed by atoms with van der Waals surface area (Å²) in [6.45, 7) is 4.88. The van der Waals surface area contributed by atoms with Crippen LogP contribution < -0.4 is 10.5 Å². The van der Waals surface area contributed by atoms with Gasteiger partial charge in [0.25, 0.3) is 5.91 Å². The first-order valence-corrected chi connectivity index (χ1v) is 5.80. The lowest BCUT2D eigenvalue weighted by Crippen LogP contribution is -2.39. The first kappa shape index (κ1) is 16.7. The molecule has 0 aliphatic heterocycles. The van der Waals surface area contributed by atoms with Crippen molar-refractivity contribution in [1.82, 2.24) is 4.90 Å². The van der Waals surface area contributed by atoms with E-state index in [4.69, 9.17) is 10.5 Å². The van der Waals surface area contributed by atoms with Crippen LogP contribution in [-0.4, -0.2) is 37.0 Å². The van der Waals surface area contributed by atoms with Crippen molar-refractivity contribution in [3.8, 4) is 5.75 Å². The zero-order chi connectivity index (χ0) is 12.8. The summed E-state index contributed by atoms with van der Waals surface area (Å²) in [6, 6.07) is 7.22. The summed E-state index contributed by atoms with van der Waals surface area (Å²) in [4.78, 5) is 13.8. The van der Waals surface area contributed by atoms with Gasteiger partial charge in [-0.2, -0.15) is 0 Å². The van der Waals surface area contributed by atoms with Crippen molar-refractivity contribution in [2.45, 2.75) is 19.9 Å². The van der Waals surface area contributed by atoms with Gasteiger partial charge in [0, 0.05) is 25.2 Å². The summed E-state index contributed by atoms with van der Waals surface area (Å²) in [5.41, 5.74) is 6.17. The Balaban J connectivity index is 0.00000289. The third kappa shape index (κ3) is 4.20. The minimum atomic E-state index is -0.0375. The average Bonchev–Trinajstić information content (AvgIpc) is 2.36. The Morgan fingerprint density at radius 2 is 2.17 bits per heavy atom. The van der Waals surface area contributed by atoms with Crippen molar-refractivity contribution >= 4 is 18.3 Å². The van der Waals surface area contributed by atoms with Gasteiger partial charge in [-0.3, -0.25) is 4.79 Å². The average molecular weight is 273 g/mol. The number of carbonyl (C=O) groups is 1. The van der Waals surface area contributed by atoms with Gasteiger partial charge >= 0.3 is 0 Å². The topological polar surface area (TPSA) is 55.6 Å². The summed E-state index contributed by atoms with van der Waals surface area (Å²) in [7, 11) is 1.76. The molecule has 1 rings (SSSR count). The zero-order valence-electron chi connectivity index (χ0n) is 11.1. The largest absolute Gasteiger partial charge is 0.494 e. The molecule has 0 radical (unpaired) electrons. The first-order valence-electron chi connectivity index (χ1n) is 5.80. The van der Waals surface area contributed by atoms with E-state index in [1.165, 1.54) is 0 Å². The first-order chi connectivity index (χ1) is 8.10. The predicted molar refractivity (Wildman–Crippen MR) is 75.5 cm³/mol. The van der Waals surface area contributed by atoms with E-state index >= 15 is 0 Å². The Morgan fingerprint density at radius 3 is 2.72 bits per heavy atom. The molecule has 18 heavy (non-hydrogen) atoms. The highest BCUT2D eigenvalue weighted by atomic mass is 35.5. The molecule has 5 heteroatoms. The van der Waals surface area contributed by atoms with Crippen LogP contribution in [0.2, 0.25) is 0 Å². The van der Waals surface area contributed by atoms with E-state index in [9.17, 15) is 4.79 Å². The molecule has 0 saturated carbocycles. The van der Waals surface area contributed by atoms with Crippen LogP contribution in [-0.2, 0) is 0 Å². The van der Waals surface area contributed by atoms with Crippen molar-refractivity contribution in [2.24, 2.45) is 5.73 Å². The van der Waals surface area contributed by atoms with Crippen LogP contribution in [0.4, 0.5) is 0 Å². The van der Waals surface area contributed by atoms with Crippen molar-refractivity contribution < 1.29 is 9.53 Å². The third-order valence-corrected chi connectivity index (χ3v) is 2.71. The summed E-state index contributed by atoms with van der Waals surface area (Å²) < 4.78 is 5.37. The molecule has 0 heterocycles. The van der Waals surface area contributed by atoms with Crippen LogP contribution in [0.15, 0.2) is 24.3 Å². The van der Waals surface area contributed by atoms with Crippen LogP contribution in [0, 0.1) is 0 Å². The minimum Gasteiger partial charge on any atom is -0.494 e. The van der Waals surface area contributed by atoms with Crippen molar-refractivity contribution in [2.75, 3.05) is 20.2 Å². The number of ether oxygens (including phenoxy) is 1. The van der Waals surface area contributed by atoms with Crippen molar-refractivity contribution in [3.63, 3.8) is 0 Å². The zero-order valence-corrected chi connectivity index (χ0v) is 11.9. The number of hydrogen-bond acceptors (Lipinski definition) is 3. The maximum atomic E-state index is 12.1. The van der Waals surface area contributed by atoms with E-state index in [1.807, 2.05) is 26.0 Å². The molecular weight excluding hydrogens is 252 g/mol. The SMILES string of the molecule is CCOc1cccc(C(=O)N(C)C(C)CN)c1.Cl. The fourth-order valence-electron chi connectivity index (χ4n) is 1.45. The molecule has 2 N–H and O–H groups in total. The smallest absolute Gasteiger partial charge is 0.254 e. The highest BCUT2D eigenvalue weighted by Crippen LogP contribution is 2.15. The van der Waals surface area contributed by atoms with Crippen LogP contribution >= 0.6 is 12.4 Å². The van der Waals surface area contributed by atoms with Gasteiger partial charge in [0.2, 0.25) is 0 Å². The van der Waals surface area contributed by atoms with Gasteiger partial charge < -0.3 is 15.4 Å². The van der Waals surface area contributed by atoms with Crippen LogP contribution in [0.5, 0.6) is 5.75 Å². The monoisotopic (exact) mass is 272 g/mol. The molecule has 0 spiro atoms. The molecule has 1 aromatic rings. The molecule has 1 unspecified atom stereocenters. The van der Waals surface area contributed by atoms with E-state index in [0.717, 1.165) is 0 Å². The Kier molecular flexibility index (Phi) is 7.39. The normalized spacial score (nSPS) is 11.3. The summed E-state index contributed by atoms with van der Waals surface area (Å²) in [6.07, 6.45) is 0. The number of nitrogens with zero attached hydrogens (tertiary/aromatic N) is 1. The number of halogens is 1. The lowest BCUT2D eigenvalue weighted by molar-refractivity contribution is 0.0748. The molecule has 1 aromatic carbocycles. The van der Waals surface area contributed by atoms with Gasteiger partial charge in [-0.15, -0.1) is 12.4 Å².